The predicted molar refractivity (Wildman–Crippen MR) is 112 cm³/mol. The molecule has 5 nitrogen and oxygen atoms in total. The van der Waals surface area contributed by atoms with E-state index in [4.69, 9.17) is 16.3 Å². The number of thiazole rings is 1. The largest absolute Gasteiger partial charge is 0.490 e. The van der Waals surface area contributed by atoms with E-state index in [0.717, 1.165) is 17.5 Å². The molecule has 0 saturated carbocycles. The SMILES string of the molecule is CCNC(=NCc1ncc(C)s1)NCCOc1ccccc1Cl.I. The van der Waals surface area contributed by atoms with E-state index in [1.165, 1.54) is 4.88 Å². The molecule has 0 aliphatic heterocycles. The highest BCUT2D eigenvalue weighted by atomic mass is 127. The summed E-state index contributed by atoms with van der Waals surface area (Å²) in [5.74, 6) is 1.44. The first-order valence-corrected chi connectivity index (χ1v) is 8.69. The van der Waals surface area contributed by atoms with Crippen LogP contribution < -0.4 is 15.4 Å². The van der Waals surface area contributed by atoms with Gasteiger partial charge in [0.2, 0.25) is 0 Å². The molecule has 0 saturated heterocycles. The lowest BCUT2D eigenvalue weighted by Crippen LogP contribution is -2.39. The summed E-state index contributed by atoms with van der Waals surface area (Å²) in [5.41, 5.74) is 0. The number of halogens is 2. The fourth-order valence-corrected chi connectivity index (χ4v) is 2.76. The molecule has 0 spiro atoms. The van der Waals surface area contributed by atoms with E-state index >= 15 is 0 Å². The molecule has 0 aliphatic carbocycles. The van der Waals surface area contributed by atoms with Crippen LogP contribution in [0.2, 0.25) is 5.02 Å². The van der Waals surface area contributed by atoms with E-state index < -0.39 is 0 Å². The Morgan fingerprint density at radius 2 is 2.12 bits per heavy atom. The van der Waals surface area contributed by atoms with Gasteiger partial charge in [0, 0.05) is 17.6 Å². The molecule has 0 bridgehead atoms. The van der Waals surface area contributed by atoms with Crippen LogP contribution in [0.5, 0.6) is 5.75 Å². The van der Waals surface area contributed by atoms with Gasteiger partial charge in [-0.1, -0.05) is 23.7 Å². The third-order valence-corrected chi connectivity index (χ3v) is 4.08. The lowest BCUT2D eigenvalue weighted by Gasteiger charge is -2.12. The quantitative estimate of drug-likeness (QED) is 0.273. The molecule has 0 unspecified atom stereocenters. The molecule has 132 valence electrons. The van der Waals surface area contributed by atoms with Gasteiger partial charge in [0.05, 0.1) is 18.1 Å². The molecule has 0 aliphatic rings. The highest BCUT2D eigenvalue weighted by Gasteiger charge is 2.02. The highest BCUT2D eigenvalue weighted by Crippen LogP contribution is 2.22. The number of ether oxygens (including phenoxy) is 1. The number of hydrogen-bond donors (Lipinski definition) is 2. The van der Waals surface area contributed by atoms with E-state index in [1.807, 2.05) is 44.3 Å². The minimum atomic E-state index is 0. The fraction of sp³-hybridized carbons (Fsp3) is 0.375. The van der Waals surface area contributed by atoms with E-state index in [9.17, 15) is 0 Å². The van der Waals surface area contributed by atoms with Gasteiger partial charge >= 0.3 is 0 Å². The van der Waals surface area contributed by atoms with Gasteiger partial charge in [0.25, 0.3) is 0 Å². The first-order chi connectivity index (χ1) is 11.2. The molecule has 2 aromatic rings. The zero-order valence-electron chi connectivity index (χ0n) is 13.7. The smallest absolute Gasteiger partial charge is 0.191 e. The summed E-state index contributed by atoms with van der Waals surface area (Å²) in [4.78, 5) is 10.0. The average Bonchev–Trinajstić information content (AvgIpc) is 2.96. The van der Waals surface area contributed by atoms with Gasteiger partial charge in [-0.2, -0.15) is 0 Å². The maximum atomic E-state index is 6.05. The van der Waals surface area contributed by atoms with E-state index in [-0.39, 0.29) is 24.0 Å². The molecule has 1 aromatic carbocycles. The van der Waals surface area contributed by atoms with Crippen LogP contribution in [0.15, 0.2) is 35.5 Å². The number of nitrogens with one attached hydrogen (secondary N) is 2. The topological polar surface area (TPSA) is 58.5 Å². The van der Waals surface area contributed by atoms with Crippen LogP contribution >= 0.6 is 46.9 Å². The van der Waals surface area contributed by atoms with Crippen molar-refractivity contribution in [1.29, 1.82) is 0 Å². The molecule has 0 atom stereocenters. The van der Waals surface area contributed by atoms with Crippen LogP contribution in [-0.2, 0) is 6.54 Å². The molecule has 1 heterocycles. The van der Waals surface area contributed by atoms with Crippen LogP contribution in [0, 0.1) is 6.92 Å². The van der Waals surface area contributed by atoms with E-state index in [2.05, 4.69) is 20.6 Å². The van der Waals surface area contributed by atoms with Crippen molar-refractivity contribution in [3.05, 3.63) is 45.4 Å². The number of nitrogens with zero attached hydrogens (tertiary/aromatic N) is 2. The van der Waals surface area contributed by atoms with Crippen molar-refractivity contribution in [2.75, 3.05) is 19.7 Å². The van der Waals surface area contributed by atoms with Gasteiger partial charge in [0.1, 0.15) is 17.4 Å². The van der Waals surface area contributed by atoms with E-state index in [1.54, 1.807) is 11.3 Å². The van der Waals surface area contributed by atoms with Gasteiger partial charge in [-0.15, -0.1) is 35.3 Å². The zero-order chi connectivity index (χ0) is 16.5. The minimum absolute atomic E-state index is 0. The van der Waals surface area contributed by atoms with Crippen LogP contribution in [0.3, 0.4) is 0 Å². The second kappa shape index (κ2) is 11.5. The molecule has 0 radical (unpaired) electrons. The Morgan fingerprint density at radius 3 is 2.79 bits per heavy atom. The van der Waals surface area contributed by atoms with Crippen molar-refractivity contribution in [2.45, 2.75) is 20.4 Å². The highest BCUT2D eigenvalue weighted by molar-refractivity contribution is 14.0. The first kappa shape index (κ1) is 21.0. The molecular weight excluding hydrogens is 459 g/mol. The summed E-state index contributed by atoms with van der Waals surface area (Å²) in [5, 5.41) is 8.06. The summed E-state index contributed by atoms with van der Waals surface area (Å²) in [6.07, 6.45) is 1.87. The molecular formula is C16H22ClIN4OS. The number of rotatable bonds is 7. The van der Waals surface area contributed by atoms with Crippen molar-refractivity contribution in [3.63, 3.8) is 0 Å². The Labute approximate surface area is 168 Å². The molecule has 2 rings (SSSR count). The van der Waals surface area contributed by atoms with Crippen molar-refractivity contribution in [3.8, 4) is 5.75 Å². The third kappa shape index (κ3) is 7.23. The van der Waals surface area contributed by atoms with Gasteiger partial charge in [-0.3, -0.25) is 0 Å². The lowest BCUT2D eigenvalue weighted by molar-refractivity contribution is 0.322. The molecule has 0 fully saturated rings. The van der Waals surface area contributed by atoms with Crippen LogP contribution in [-0.4, -0.2) is 30.6 Å². The van der Waals surface area contributed by atoms with Gasteiger partial charge in [-0.25, -0.2) is 9.98 Å². The van der Waals surface area contributed by atoms with Crippen molar-refractivity contribution in [2.24, 2.45) is 4.99 Å². The first-order valence-electron chi connectivity index (χ1n) is 7.50. The minimum Gasteiger partial charge on any atom is -0.490 e. The normalized spacial score (nSPS) is 10.9. The summed E-state index contributed by atoms with van der Waals surface area (Å²) < 4.78 is 5.64. The number of para-hydroxylation sites is 1. The van der Waals surface area contributed by atoms with Crippen LogP contribution in [0.25, 0.3) is 0 Å². The second-order valence-electron chi connectivity index (χ2n) is 4.77. The molecule has 8 heteroatoms. The van der Waals surface area contributed by atoms with Crippen LogP contribution in [0.4, 0.5) is 0 Å². The predicted octanol–water partition coefficient (Wildman–Crippen LogP) is 3.86. The molecule has 24 heavy (non-hydrogen) atoms. The average molecular weight is 481 g/mol. The molecule has 2 N–H and O–H groups in total. The maximum absolute atomic E-state index is 6.05. The van der Waals surface area contributed by atoms with Gasteiger partial charge in [-0.05, 0) is 26.0 Å². The number of hydrogen-bond acceptors (Lipinski definition) is 4. The Hall–Kier alpha value is -1.06. The van der Waals surface area contributed by atoms with Gasteiger partial charge in [0.15, 0.2) is 5.96 Å². The Bertz CT molecular complexity index is 651. The lowest BCUT2D eigenvalue weighted by atomic mass is 10.3. The third-order valence-electron chi connectivity index (χ3n) is 2.87. The fourth-order valence-electron chi connectivity index (χ4n) is 1.86. The van der Waals surface area contributed by atoms with Crippen molar-refractivity contribution < 1.29 is 4.74 Å². The van der Waals surface area contributed by atoms with E-state index in [0.29, 0.717) is 30.5 Å². The number of aromatic nitrogens is 1. The summed E-state index contributed by atoms with van der Waals surface area (Å²) in [7, 11) is 0. The second-order valence-corrected chi connectivity index (χ2v) is 6.49. The Kier molecular flexibility index (Phi) is 10.0. The van der Waals surface area contributed by atoms with Crippen molar-refractivity contribution in [1.82, 2.24) is 15.6 Å². The Morgan fingerprint density at radius 1 is 1.33 bits per heavy atom. The standard InChI is InChI=1S/C16H21ClN4OS.HI/c1-3-18-16(21-11-15-20-10-12(2)23-15)19-8-9-22-14-7-5-4-6-13(14)17;/h4-7,10H,3,8-9,11H2,1-2H3,(H2,18,19,21);1H. The summed E-state index contributed by atoms with van der Waals surface area (Å²) in [6, 6.07) is 7.44. The Balaban J connectivity index is 0.00000288. The van der Waals surface area contributed by atoms with Gasteiger partial charge < -0.3 is 15.4 Å². The zero-order valence-corrected chi connectivity index (χ0v) is 17.6. The number of aryl methyl sites for hydroxylation is 1. The number of guanidine groups is 1. The van der Waals surface area contributed by atoms with Crippen LogP contribution in [0.1, 0.15) is 16.8 Å². The monoisotopic (exact) mass is 480 g/mol. The molecule has 1 aromatic heterocycles. The molecule has 0 amide bonds. The summed E-state index contributed by atoms with van der Waals surface area (Å²) >= 11 is 7.71. The number of benzene rings is 1. The summed E-state index contributed by atoms with van der Waals surface area (Å²) in [6.45, 7) is 6.58. The number of aliphatic imine (C=N–C) groups is 1. The maximum Gasteiger partial charge on any atom is 0.191 e. The van der Waals surface area contributed by atoms with Crippen molar-refractivity contribution >= 4 is 52.9 Å².